The van der Waals surface area contributed by atoms with Crippen molar-refractivity contribution < 1.29 is 114 Å². The average molecular weight is 1920 g/mol. The molecule has 0 bridgehead atoms. The number of hydrogen-bond donors (Lipinski definition) is 8. The summed E-state index contributed by atoms with van der Waals surface area (Å²) in [6, 6.07) is 19.6. The van der Waals surface area contributed by atoms with Crippen molar-refractivity contribution in [2.75, 3.05) is 62.6 Å². The Morgan fingerprint density at radius 2 is 0.782 bits per heavy atom. The van der Waals surface area contributed by atoms with E-state index in [0.29, 0.717) is 66.1 Å². The Bertz CT molecular complexity index is 5510. The van der Waals surface area contributed by atoms with Gasteiger partial charge in [-0.15, -0.1) is 45.3 Å². The highest BCUT2D eigenvalue weighted by atomic mass is 35.7. The van der Waals surface area contributed by atoms with Crippen LogP contribution in [0.2, 0.25) is 0 Å². The molecule has 0 saturated heterocycles. The number of aromatic carboxylic acids is 1. The van der Waals surface area contributed by atoms with Gasteiger partial charge < -0.3 is 49.9 Å². The molecule has 2 amide bonds. The molecule has 662 valence electrons. The molecule has 119 heavy (non-hydrogen) atoms. The molecular formula is C70H95Cl4N11O25S9. The van der Waals surface area contributed by atoms with Crippen LogP contribution in [0.15, 0.2) is 72.8 Å². The highest BCUT2D eigenvalue weighted by Crippen LogP contribution is 2.34. The number of esters is 5. The van der Waals surface area contributed by atoms with Gasteiger partial charge in [0.1, 0.15) is 42.4 Å². The number of carboxylic acid groups (broad SMARTS) is 1. The van der Waals surface area contributed by atoms with E-state index in [-0.39, 0.29) is 96.2 Å². The maximum absolute atomic E-state index is 12.5. The summed E-state index contributed by atoms with van der Waals surface area (Å²) >= 11 is 21.2. The first kappa shape index (κ1) is 107. The number of nitrogens with zero attached hydrogens (tertiary/aromatic N) is 4. The number of benzene rings is 4. The Morgan fingerprint density at radius 3 is 1.06 bits per heavy atom. The number of thiazole rings is 4. The van der Waals surface area contributed by atoms with Crippen LogP contribution >= 0.6 is 90.8 Å². The van der Waals surface area contributed by atoms with E-state index in [9.17, 15) is 80.4 Å². The van der Waals surface area contributed by atoms with E-state index < -0.39 is 110 Å². The van der Waals surface area contributed by atoms with Crippen LogP contribution in [0, 0.1) is 5.41 Å². The summed E-state index contributed by atoms with van der Waals surface area (Å²) in [6.45, 7) is 25.3. The third-order valence-corrected chi connectivity index (χ3v) is 21.2. The van der Waals surface area contributed by atoms with E-state index in [1.807, 2.05) is 26.8 Å². The first-order valence-electron chi connectivity index (χ1n) is 34.6. The molecule has 4 aromatic carbocycles. The molecule has 0 radical (unpaired) electrons. The van der Waals surface area contributed by atoms with Gasteiger partial charge in [-0.3, -0.25) is 24.6 Å². The summed E-state index contributed by atoms with van der Waals surface area (Å²) in [5, 5.41) is 35.3. The third-order valence-electron chi connectivity index (χ3n) is 12.7. The number of aromatic nitrogens is 4. The third kappa shape index (κ3) is 45.8. The first-order chi connectivity index (χ1) is 54.1. The molecule has 0 saturated carbocycles. The standard InChI is InChI=1S/C17H23N3O7S3.C16H21N3O5S2.C16H19NO4S.C12H11NO4S.C6H10Cl3NO.C2H8N2O2S.CH3ClO2S/c1-17(2,3)27-16(22)10-5-6-12-11(9-10)20-15(28-12)13(29(4,23)24)14(21)19-7-8-30(18,25)26;1-16(2,3)24-15(21)10-4-5-12-11(8-10)19-14(25-12)9-13(20)18-6-7-26(17,22)23;1-5-20-14(18)9-13-17-11-8-10(6-7-12(11)22-13)15(19)21-16(2,3)4;1-2-17-11(14)6-10-13-8-5-7(12(15)16)3-4-9(8)18-10;1-5(2,3)11-4(10)6(7,8)9;3-1-2-7(4,5)6;1-5(2,3)4/h5-6,9,13H,7-8H2,1-4H3,(H,19,21)(H2,18,25,26);4-5,8H,6-7,9H2,1-3H3,(H,18,20)(H2,17,22,23);6-8H,5,9H2,1-4H3;3-5H,2,6H2,1H3,(H,15,16);10H,1-3H3;1-3H2,(H2,4,5,6);1H3. The molecule has 0 fully saturated rings. The number of hydrogen-bond acceptors (Lipinski definition) is 34. The molecular weight excluding hydrogens is 1830 g/mol. The second kappa shape index (κ2) is 46.1. The molecule has 49 heteroatoms. The van der Waals surface area contributed by atoms with Gasteiger partial charge in [0.05, 0.1) is 119 Å². The summed E-state index contributed by atoms with van der Waals surface area (Å²) in [5.74, 6) is -5.58. The number of fused-ring (bicyclic) bond motifs is 4. The van der Waals surface area contributed by atoms with E-state index in [4.69, 9.17) is 89.8 Å². The van der Waals surface area contributed by atoms with Crippen LogP contribution in [-0.4, -0.2) is 209 Å². The van der Waals surface area contributed by atoms with Gasteiger partial charge in [-0.25, -0.2) is 96.6 Å². The predicted octanol–water partition coefficient (Wildman–Crippen LogP) is 8.97. The van der Waals surface area contributed by atoms with Crippen molar-refractivity contribution in [3.63, 3.8) is 0 Å². The van der Waals surface area contributed by atoms with Crippen LogP contribution in [-0.2, 0) is 116 Å². The van der Waals surface area contributed by atoms with Crippen LogP contribution in [0.1, 0.15) is 164 Å². The SMILES string of the molecule is CC(C)(C)OC(=N)C(Cl)(Cl)Cl.CC(C)(C)OC(=O)c1ccc2sc(C(C(=O)NCCS(N)(=O)=O)S(C)(=O)=O)nc2c1.CC(C)(C)OC(=O)c1ccc2sc(CC(=O)NCCS(N)(=O)=O)nc2c1.CCOC(=O)Cc1nc2cc(C(=O)O)ccc2s1.CCOC(=O)Cc1nc2cc(C(=O)OC(C)(C)C)ccc2s1.CS(=O)(=O)Cl.NCCS(N)(=O)=O. The van der Waals surface area contributed by atoms with E-state index in [1.165, 1.54) is 58.3 Å². The maximum Gasteiger partial charge on any atom is 0.338 e. The summed E-state index contributed by atoms with van der Waals surface area (Å²) in [6.07, 6.45) is 2.10. The lowest BCUT2D eigenvalue weighted by molar-refractivity contribution is -0.143. The number of sulfone groups is 1. The van der Waals surface area contributed by atoms with Crippen LogP contribution in [0.5, 0.6) is 0 Å². The number of halogens is 4. The van der Waals surface area contributed by atoms with Crippen molar-refractivity contribution in [2.45, 2.75) is 148 Å². The highest BCUT2D eigenvalue weighted by Gasteiger charge is 2.35. The molecule has 0 aliphatic rings. The Balaban J connectivity index is 0.000000498. The molecule has 1 unspecified atom stereocenters. The Morgan fingerprint density at radius 1 is 0.479 bits per heavy atom. The number of carbonyl (C=O) groups is 8. The average Bonchev–Trinajstić information content (AvgIpc) is 1.66. The van der Waals surface area contributed by atoms with Gasteiger partial charge in [-0.1, -0.05) is 34.8 Å². The number of nitrogens with two attached hydrogens (primary N) is 4. The lowest BCUT2D eigenvalue weighted by Gasteiger charge is -2.24. The second-order valence-corrected chi connectivity index (χ2v) is 45.6. The minimum atomic E-state index is -3.92. The topological polar surface area (TPSA) is 586 Å². The van der Waals surface area contributed by atoms with E-state index >= 15 is 0 Å². The van der Waals surface area contributed by atoms with Crippen molar-refractivity contribution >= 4 is 234 Å². The zero-order valence-electron chi connectivity index (χ0n) is 67.3. The number of sulfonamides is 3. The number of primary sulfonamides is 3. The Labute approximate surface area is 724 Å². The summed E-state index contributed by atoms with van der Waals surface area (Å²) < 4.78 is 139. The van der Waals surface area contributed by atoms with E-state index in [1.54, 1.807) is 119 Å². The second-order valence-electron chi connectivity index (χ2n) is 28.5. The number of alkyl halides is 3. The van der Waals surface area contributed by atoms with Gasteiger partial charge in [0, 0.05) is 36.6 Å². The first-order valence-corrected chi connectivity index (χ1v) is 48.8. The smallest absolute Gasteiger partial charge is 0.338 e. The lowest BCUT2D eigenvalue weighted by Crippen LogP contribution is -2.37. The molecule has 1 atom stereocenters. The number of ether oxygens (including phenoxy) is 6. The number of nitrogens with one attached hydrogen (secondary N) is 3. The summed E-state index contributed by atoms with van der Waals surface area (Å²) in [5.41, 5.74) is 6.04. The summed E-state index contributed by atoms with van der Waals surface area (Å²) in [4.78, 5) is 112. The molecule has 0 spiro atoms. The van der Waals surface area contributed by atoms with Crippen molar-refractivity contribution in [3.8, 4) is 0 Å². The van der Waals surface area contributed by atoms with Crippen molar-refractivity contribution in [2.24, 2.45) is 21.2 Å². The van der Waals surface area contributed by atoms with Crippen LogP contribution in [0.25, 0.3) is 40.9 Å². The molecule has 8 rings (SSSR count). The quantitative estimate of drug-likeness (QED) is 0.00739. The molecule has 36 nitrogen and oxygen atoms in total. The van der Waals surface area contributed by atoms with Gasteiger partial charge in [0.15, 0.2) is 15.1 Å². The Kier molecular flexibility index (Phi) is 41.6. The molecule has 0 aliphatic heterocycles. The van der Waals surface area contributed by atoms with Gasteiger partial charge in [-0.05, 0) is 170 Å². The van der Waals surface area contributed by atoms with E-state index in [0.717, 1.165) is 37.9 Å². The number of carbonyl (C=O) groups excluding carboxylic acids is 7. The van der Waals surface area contributed by atoms with Crippen LogP contribution in [0.3, 0.4) is 0 Å². The molecule has 0 aliphatic carbocycles. The monoisotopic (exact) mass is 1920 g/mol. The zero-order valence-corrected chi connectivity index (χ0v) is 77.7. The van der Waals surface area contributed by atoms with Crippen molar-refractivity contribution in [3.05, 3.63) is 115 Å². The largest absolute Gasteiger partial charge is 0.478 e. The fourth-order valence-corrected chi connectivity index (χ4v) is 14.9. The maximum atomic E-state index is 12.5. The summed E-state index contributed by atoms with van der Waals surface area (Å²) in [7, 11) is -13.3. The van der Waals surface area contributed by atoms with E-state index in [2.05, 4.69) is 46.4 Å². The molecule has 8 aromatic rings. The lowest BCUT2D eigenvalue weighted by atomic mass is 10.1. The molecule has 12 N–H and O–H groups in total. The highest BCUT2D eigenvalue weighted by molar-refractivity contribution is 8.13. The van der Waals surface area contributed by atoms with Gasteiger partial charge in [0.25, 0.3) is 3.79 Å². The fraction of sp³-hybridized carbons (Fsp3) is 0.471. The van der Waals surface area contributed by atoms with Crippen molar-refractivity contribution in [1.29, 1.82) is 5.41 Å². The Hall–Kier alpha value is -7.58. The minimum absolute atomic E-state index is 0.00180. The number of rotatable bonds is 23. The van der Waals surface area contributed by atoms with Gasteiger partial charge in [-0.2, -0.15) is 0 Å². The number of carboxylic acids is 1. The fourth-order valence-electron chi connectivity index (χ4n) is 8.37. The molecule has 4 aromatic heterocycles. The van der Waals surface area contributed by atoms with Crippen molar-refractivity contribution in [1.82, 2.24) is 30.6 Å². The number of amides is 2. The van der Waals surface area contributed by atoms with Gasteiger partial charge >= 0.3 is 35.8 Å². The zero-order chi connectivity index (χ0) is 91.6. The van der Waals surface area contributed by atoms with Crippen LogP contribution in [0.4, 0.5) is 0 Å². The van der Waals surface area contributed by atoms with Gasteiger partial charge in [0.2, 0.25) is 56.8 Å². The normalized spacial score (nSPS) is 12.2. The molecule has 4 heterocycles. The minimum Gasteiger partial charge on any atom is -0.478 e. The predicted molar refractivity (Wildman–Crippen MR) is 461 cm³/mol. The van der Waals surface area contributed by atoms with Crippen LogP contribution < -0.4 is 31.8 Å².